The predicted molar refractivity (Wildman–Crippen MR) is 122 cm³/mol. The minimum atomic E-state index is 0.452. The minimum Gasteiger partial charge on any atom is -0.379 e. The molecule has 6 heteroatoms. The summed E-state index contributed by atoms with van der Waals surface area (Å²) < 4.78 is 4.59. The summed E-state index contributed by atoms with van der Waals surface area (Å²) in [5, 5.41) is 12.7. The van der Waals surface area contributed by atoms with Crippen LogP contribution < -0.4 is 5.32 Å². The summed E-state index contributed by atoms with van der Waals surface area (Å²) in [5.41, 5.74) is 6.94. The van der Waals surface area contributed by atoms with Gasteiger partial charge in [-0.1, -0.05) is 30.3 Å². The van der Waals surface area contributed by atoms with E-state index in [-0.39, 0.29) is 0 Å². The van der Waals surface area contributed by atoms with Gasteiger partial charge in [-0.05, 0) is 58.4 Å². The van der Waals surface area contributed by atoms with Gasteiger partial charge >= 0.3 is 0 Å². The number of rotatable bonds is 4. The maximum Gasteiger partial charge on any atom is 0.184 e. The van der Waals surface area contributed by atoms with Crippen molar-refractivity contribution in [1.29, 1.82) is 0 Å². The van der Waals surface area contributed by atoms with Gasteiger partial charge in [0, 0.05) is 30.9 Å². The molecule has 4 aromatic rings. The number of nitrogens with zero attached hydrogens (tertiary/aromatic N) is 5. The van der Waals surface area contributed by atoms with Gasteiger partial charge in [-0.3, -0.25) is 4.40 Å². The van der Waals surface area contributed by atoms with Crippen LogP contribution in [-0.4, -0.2) is 49.7 Å². The van der Waals surface area contributed by atoms with Crippen molar-refractivity contribution in [1.82, 2.24) is 24.1 Å². The van der Waals surface area contributed by atoms with Crippen LogP contribution in [0.5, 0.6) is 0 Å². The Labute approximate surface area is 177 Å². The van der Waals surface area contributed by atoms with E-state index in [2.05, 4.69) is 92.7 Å². The van der Waals surface area contributed by atoms with Crippen LogP contribution in [0.1, 0.15) is 36.8 Å². The average molecular weight is 403 g/mol. The molecule has 6 nitrogen and oxygen atoms in total. The van der Waals surface area contributed by atoms with Gasteiger partial charge in [0.15, 0.2) is 5.65 Å². The van der Waals surface area contributed by atoms with Gasteiger partial charge in [-0.25, -0.2) is 0 Å². The monoisotopic (exact) mass is 402 g/mol. The summed E-state index contributed by atoms with van der Waals surface area (Å²) in [7, 11) is 2.21. The summed E-state index contributed by atoms with van der Waals surface area (Å²) in [4.78, 5) is 2.44. The van der Waals surface area contributed by atoms with Gasteiger partial charge in [-0.2, -0.15) is 0 Å². The van der Waals surface area contributed by atoms with E-state index >= 15 is 0 Å². The fraction of sp³-hybridized carbons (Fsp3) is 0.417. The molecule has 0 amide bonds. The first-order chi connectivity index (χ1) is 14.5. The van der Waals surface area contributed by atoms with Crippen molar-refractivity contribution < 1.29 is 0 Å². The fourth-order valence-corrected chi connectivity index (χ4v) is 4.76. The maximum absolute atomic E-state index is 4.52. The van der Waals surface area contributed by atoms with Crippen LogP contribution in [0.25, 0.3) is 16.7 Å². The quantitative estimate of drug-likeness (QED) is 0.555. The van der Waals surface area contributed by atoms with E-state index in [1.54, 1.807) is 0 Å². The number of nitrogens with one attached hydrogen (secondary N) is 1. The Bertz CT molecular complexity index is 1190. The van der Waals surface area contributed by atoms with Crippen molar-refractivity contribution in [2.24, 2.45) is 0 Å². The first kappa shape index (κ1) is 19.1. The smallest absolute Gasteiger partial charge is 0.184 e. The normalized spacial score (nSPS) is 20.3. The summed E-state index contributed by atoms with van der Waals surface area (Å²) >= 11 is 0. The van der Waals surface area contributed by atoms with E-state index < -0.39 is 0 Å². The van der Waals surface area contributed by atoms with E-state index in [4.69, 9.17) is 0 Å². The molecule has 0 saturated carbocycles. The Hall–Kier alpha value is -2.86. The molecular formula is C24H30N6. The van der Waals surface area contributed by atoms with Gasteiger partial charge in [0.25, 0.3) is 0 Å². The summed E-state index contributed by atoms with van der Waals surface area (Å²) in [6.07, 6.45) is 2.28. The number of anilines is 1. The van der Waals surface area contributed by atoms with Crippen molar-refractivity contribution in [3.05, 3.63) is 59.5 Å². The SMILES string of the molecule is Cc1cc2c(cc(N[C@H]3CCN(C)[C@@H](C)C3)c3nnc(C)n32)n1Cc1ccccc1. The van der Waals surface area contributed by atoms with Crippen molar-refractivity contribution in [2.45, 2.75) is 52.2 Å². The number of pyridine rings is 1. The maximum atomic E-state index is 4.52. The Morgan fingerprint density at radius 1 is 1.07 bits per heavy atom. The number of hydrogen-bond acceptors (Lipinski definition) is 4. The lowest BCUT2D eigenvalue weighted by molar-refractivity contribution is 0.190. The molecular weight excluding hydrogens is 372 g/mol. The van der Waals surface area contributed by atoms with Gasteiger partial charge in [-0.15, -0.1) is 10.2 Å². The van der Waals surface area contributed by atoms with Crippen LogP contribution in [0.2, 0.25) is 0 Å². The second-order valence-corrected chi connectivity index (χ2v) is 8.79. The zero-order valence-corrected chi connectivity index (χ0v) is 18.3. The molecule has 1 N–H and O–H groups in total. The largest absolute Gasteiger partial charge is 0.379 e. The number of hydrogen-bond donors (Lipinski definition) is 1. The van der Waals surface area contributed by atoms with Crippen LogP contribution in [-0.2, 0) is 6.54 Å². The molecule has 0 radical (unpaired) electrons. The average Bonchev–Trinajstić information content (AvgIpc) is 3.26. The van der Waals surface area contributed by atoms with E-state index in [0.717, 1.165) is 43.1 Å². The van der Waals surface area contributed by atoms with Crippen LogP contribution >= 0.6 is 0 Å². The molecule has 3 aromatic heterocycles. The highest BCUT2D eigenvalue weighted by molar-refractivity contribution is 5.88. The topological polar surface area (TPSA) is 50.4 Å². The van der Waals surface area contributed by atoms with E-state index in [1.165, 1.54) is 22.3 Å². The van der Waals surface area contributed by atoms with Crippen molar-refractivity contribution in [3.63, 3.8) is 0 Å². The highest BCUT2D eigenvalue weighted by atomic mass is 15.3. The Kier molecular flexibility index (Phi) is 4.74. The lowest BCUT2D eigenvalue weighted by Crippen LogP contribution is -2.42. The third-order valence-corrected chi connectivity index (χ3v) is 6.66. The third-order valence-electron chi connectivity index (χ3n) is 6.66. The minimum absolute atomic E-state index is 0.452. The molecule has 4 heterocycles. The Balaban J connectivity index is 1.60. The van der Waals surface area contributed by atoms with E-state index in [9.17, 15) is 0 Å². The van der Waals surface area contributed by atoms with Gasteiger partial charge in [0.2, 0.25) is 0 Å². The molecule has 1 saturated heterocycles. The molecule has 5 rings (SSSR count). The van der Waals surface area contributed by atoms with Crippen LogP contribution in [0.4, 0.5) is 5.69 Å². The molecule has 30 heavy (non-hydrogen) atoms. The molecule has 1 fully saturated rings. The molecule has 156 valence electrons. The first-order valence-corrected chi connectivity index (χ1v) is 10.9. The molecule has 1 aliphatic heterocycles. The summed E-state index contributed by atoms with van der Waals surface area (Å²) in [6.45, 7) is 8.49. The molecule has 0 unspecified atom stereocenters. The standard InChI is InChI=1S/C24H30N6/c1-16-12-20(10-11-28(16)4)25-21-14-22-23(30-18(3)26-27-24(21)30)13-17(2)29(22)15-19-8-6-5-7-9-19/h5-9,13-14,16,20,25H,10-12,15H2,1-4H3/t16-,20-/m0/s1. The highest BCUT2D eigenvalue weighted by Gasteiger charge is 2.24. The highest BCUT2D eigenvalue weighted by Crippen LogP contribution is 2.30. The Morgan fingerprint density at radius 2 is 1.87 bits per heavy atom. The van der Waals surface area contributed by atoms with E-state index in [0.29, 0.717) is 12.1 Å². The van der Waals surface area contributed by atoms with E-state index in [1.807, 2.05) is 6.92 Å². The second-order valence-electron chi connectivity index (χ2n) is 8.79. The zero-order chi connectivity index (χ0) is 20.8. The van der Waals surface area contributed by atoms with Gasteiger partial charge in [0.1, 0.15) is 5.82 Å². The van der Waals surface area contributed by atoms with Gasteiger partial charge in [0.05, 0.1) is 16.7 Å². The molecule has 1 aromatic carbocycles. The summed E-state index contributed by atoms with van der Waals surface area (Å²) in [5.74, 6) is 0.923. The second kappa shape index (κ2) is 7.43. The van der Waals surface area contributed by atoms with Crippen molar-refractivity contribution >= 4 is 22.4 Å². The molecule has 1 aliphatic rings. The number of likely N-dealkylation sites (tertiary alicyclic amines) is 1. The van der Waals surface area contributed by atoms with Crippen LogP contribution in [0.15, 0.2) is 42.5 Å². The van der Waals surface area contributed by atoms with Crippen molar-refractivity contribution in [3.8, 4) is 0 Å². The molecule has 0 bridgehead atoms. The predicted octanol–water partition coefficient (Wildman–Crippen LogP) is 4.24. The lowest BCUT2D eigenvalue weighted by atomic mass is 9.99. The molecule has 2 atom stereocenters. The number of fused-ring (bicyclic) bond motifs is 3. The molecule has 0 aliphatic carbocycles. The van der Waals surface area contributed by atoms with Crippen LogP contribution in [0.3, 0.4) is 0 Å². The first-order valence-electron chi connectivity index (χ1n) is 10.9. The molecule has 0 spiro atoms. The number of piperidine rings is 1. The fourth-order valence-electron chi connectivity index (χ4n) is 4.76. The van der Waals surface area contributed by atoms with Crippen molar-refractivity contribution in [2.75, 3.05) is 18.9 Å². The third kappa shape index (κ3) is 3.25. The lowest BCUT2D eigenvalue weighted by Gasteiger charge is -2.35. The zero-order valence-electron chi connectivity index (χ0n) is 18.3. The number of aromatic nitrogens is 4. The summed E-state index contributed by atoms with van der Waals surface area (Å²) in [6, 6.07) is 16.2. The number of benzene rings is 1. The number of aryl methyl sites for hydroxylation is 2. The Morgan fingerprint density at radius 3 is 2.63 bits per heavy atom. The van der Waals surface area contributed by atoms with Gasteiger partial charge < -0.3 is 14.8 Å². The van der Waals surface area contributed by atoms with Crippen LogP contribution in [0, 0.1) is 13.8 Å².